The molecule has 4 heteroatoms. The Morgan fingerprint density at radius 1 is 0.944 bits per heavy atom. The van der Waals surface area contributed by atoms with E-state index in [4.69, 9.17) is 10.2 Å². The van der Waals surface area contributed by atoms with E-state index in [1.54, 1.807) is 12.1 Å². The van der Waals surface area contributed by atoms with E-state index in [0.717, 1.165) is 18.4 Å². The molecule has 18 heavy (non-hydrogen) atoms. The van der Waals surface area contributed by atoms with Crippen LogP contribution in [0.15, 0.2) is 24.3 Å². The topological polar surface area (TPSA) is 74.6 Å². The lowest BCUT2D eigenvalue weighted by Gasteiger charge is -2.26. The van der Waals surface area contributed by atoms with Crippen molar-refractivity contribution in [3.05, 3.63) is 35.4 Å². The van der Waals surface area contributed by atoms with E-state index < -0.39 is 11.9 Å². The fraction of sp³-hybridized carbons (Fsp3) is 0.429. The van der Waals surface area contributed by atoms with Crippen molar-refractivity contribution in [3.63, 3.8) is 0 Å². The highest BCUT2D eigenvalue weighted by molar-refractivity contribution is 5.87. The first kappa shape index (κ1) is 12.6. The molecule has 0 atom stereocenters. The van der Waals surface area contributed by atoms with Gasteiger partial charge in [-0.05, 0) is 49.3 Å². The summed E-state index contributed by atoms with van der Waals surface area (Å²) in [5.74, 6) is -1.46. The Kier molecular flexibility index (Phi) is 3.65. The Bertz CT molecular complexity index is 441. The molecule has 2 N–H and O–H groups in total. The first-order valence-corrected chi connectivity index (χ1v) is 6.14. The summed E-state index contributed by atoms with van der Waals surface area (Å²) >= 11 is 0. The fourth-order valence-corrected chi connectivity index (χ4v) is 2.57. The van der Waals surface area contributed by atoms with E-state index >= 15 is 0 Å². The van der Waals surface area contributed by atoms with Crippen molar-refractivity contribution >= 4 is 11.9 Å². The molecule has 1 aliphatic rings. The normalized spacial score (nSPS) is 23.6. The zero-order chi connectivity index (χ0) is 13.1. The van der Waals surface area contributed by atoms with Gasteiger partial charge in [-0.25, -0.2) is 4.79 Å². The Morgan fingerprint density at radius 3 is 1.94 bits per heavy atom. The van der Waals surface area contributed by atoms with E-state index in [-0.39, 0.29) is 11.5 Å². The SMILES string of the molecule is O=C(O)c1ccc(C2CCC(C(=O)O)CC2)cc1. The molecule has 0 heterocycles. The molecular formula is C14H16O4. The number of aromatic carboxylic acids is 1. The predicted octanol–water partition coefficient (Wildman–Crippen LogP) is 2.74. The average Bonchev–Trinajstić information content (AvgIpc) is 2.39. The van der Waals surface area contributed by atoms with Crippen LogP contribution in [0.3, 0.4) is 0 Å². The second-order valence-corrected chi connectivity index (χ2v) is 4.81. The first-order valence-electron chi connectivity index (χ1n) is 6.14. The van der Waals surface area contributed by atoms with Crippen LogP contribution in [0.1, 0.15) is 47.5 Å². The number of carboxylic acid groups (broad SMARTS) is 2. The number of benzene rings is 1. The van der Waals surface area contributed by atoms with Gasteiger partial charge in [0.1, 0.15) is 0 Å². The summed E-state index contributed by atoms with van der Waals surface area (Å²) in [4.78, 5) is 21.6. The van der Waals surface area contributed by atoms with Crippen LogP contribution in [-0.2, 0) is 4.79 Å². The molecule has 0 amide bonds. The number of carboxylic acids is 2. The number of carbonyl (C=O) groups is 2. The summed E-state index contributed by atoms with van der Waals surface area (Å²) in [6, 6.07) is 6.91. The van der Waals surface area contributed by atoms with Crippen molar-refractivity contribution in [3.8, 4) is 0 Å². The third kappa shape index (κ3) is 2.70. The molecule has 0 spiro atoms. The van der Waals surface area contributed by atoms with Crippen molar-refractivity contribution < 1.29 is 19.8 Å². The van der Waals surface area contributed by atoms with E-state index in [9.17, 15) is 9.59 Å². The molecule has 1 aliphatic carbocycles. The molecule has 1 saturated carbocycles. The van der Waals surface area contributed by atoms with Gasteiger partial charge in [-0.2, -0.15) is 0 Å². The van der Waals surface area contributed by atoms with Crippen LogP contribution in [0.25, 0.3) is 0 Å². The minimum absolute atomic E-state index is 0.209. The molecule has 0 unspecified atom stereocenters. The smallest absolute Gasteiger partial charge is 0.335 e. The van der Waals surface area contributed by atoms with Crippen LogP contribution in [0.4, 0.5) is 0 Å². The molecule has 0 aromatic heterocycles. The second-order valence-electron chi connectivity index (χ2n) is 4.81. The molecular weight excluding hydrogens is 232 g/mol. The average molecular weight is 248 g/mol. The highest BCUT2D eigenvalue weighted by Crippen LogP contribution is 2.35. The zero-order valence-corrected chi connectivity index (χ0v) is 10.0. The minimum atomic E-state index is -0.920. The maximum absolute atomic E-state index is 10.9. The summed E-state index contributed by atoms with van der Waals surface area (Å²) in [5.41, 5.74) is 1.40. The lowest BCUT2D eigenvalue weighted by atomic mass is 9.78. The van der Waals surface area contributed by atoms with Crippen molar-refractivity contribution in [1.82, 2.24) is 0 Å². The molecule has 0 aliphatic heterocycles. The Morgan fingerprint density at radius 2 is 1.50 bits per heavy atom. The maximum Gasteiger partial charge on any atom is 0.335 e. The molecule has 4 nitrogen and oxygen atoms in total. The van der Waals surface area contributed by atoms with Crippen LogP contribution in [0, 0.1) is 5.92 Å². The van der Waals surface area contributed by atoms with Crippen LogP contribution in [0.5, 0.6) is 0 Å². The lowest BCUT2D eigenvalue weighted by Crippen LogP contribution is -2.20. The third-order valence-corrected chi connectivity index (χ3v) is 3.71. The van der Waals surface area contributed by atoms with E-state index in [2.05, 4.69) is 0 Å². The van der Waals surface area contributed by atoms with E-state index in [1.165, 1.54) is 0 Å². The van der Waals surface area contributed by atoms with Crippen molar-refractivity contribution in [2.24, 2.45) is 5.92 Å². The highest BCUT2D eigenvalue weighted by atomic mass is 16.4. The van der Waals surface area contributed by atoms with Gasteiger partial charge in [0.25, 0.3) is 0 Å². The molecule has 0 radical (unpaired) electrons. The highest BCUT2D eigenvalue weighted by Gasteiger charge is 2.26. The van der Waals surface area contributed by atoms with E-state index in [1.807, 2.05) is 12.1 Å². The zero-order valence-electron chi connectivity index (χ0n) is 10.0. The standard InChI is InChI=1S/C14H16O4/c15-13(16)11-5-1-9(2-6-11)10-3-7-12(8-4-10)14(17)18/h1-2,5-6,10,12H,3-4,7-8H2,(H,15,16)(H,17,18). The molecule has 96 valence electrons. The van der Waals surface area contributed by atoms with E-state index in [0.29, 0.717) is 18.8 Å². The molecule has 1 fully saturated rings. The van der Waals surface area contributed by atoms with Gasteiger partial charge >= 0.3 is 11.9 Å². The largest absolute Gasteiger partial charge is 0.481 e. The van der Waals surface area contributed by atoms with Crippen LogP contribution in [-0.4, -0.2) is 22.2 Å². The van der Waals surface area contributed by atoms with Gasteiger partial charge in [0.2, 0.25) is 0 Å². The molecule has 1 aromatic rings. The quantitative estimate of drug-likeness (QED) is 0.862. The van der Waals surface area contributed by atoms with Gasteiger partial charge < -0.3 is 10.2 Å². The van der Waals surface area contributed by atoms with Gasteiger partial charge in [0.15, 0.2) is 0 Å². The lowest BCUT2D eigenvalue weighted by molar-refractivity contribution is -0.142. The number of rotatable bonds is 3. The number of aliphatic carboxylic acids is 1. The van der Waals surface area contributed by atoms with Crippen LogP contribution >= 0.6 is 0 Å². The molecule has 0 saturated heterocycles. The first-order chi connectivity index (χ1) is 8.58. The minimum Gasteiger partial charge on any atom is -0.481 e. The molecule has 0 bridgehead atoms. The Hall–Kier alpha value is -1.84. The fourth-order valence-electron chi connectivity index (χ4n) is 2.57. The van der Waals surface area contributed by atoms with Gasteiger partial charge in [-0.15, -0.1) is 0 Å². The molecule has 1 aromatic carbocycles. The Labute approximate surface area is 105 Å². The summed E-state index contributed by atoms with van der Waals surface area (Å²) in [6.45, 7) is 0. The van der Waals surface area contributed by atoms with Crippen molar-refractivity contribution in [2.45, 2.75) is 31.6 Å². The van der Waals surface area contributed by atoms with Gasteiger partial charge in [0.05, 0.1) is 11.5 Å². The van der Waals surface area contributed by atoms with Crippen LogP contribution < -0.4 is 0 Å². The summed E-state index contributed by atoms with van der Waals surface area (Å²) in [7, 11) is 0. The monoisotopic (exact) mass is 248 g/mol. The summed E-state index contributed by atoms with van der Waals surface area (Å²) < 4.78 is 0. The number of hydrogen-bond donors (Lipinski definition) is 2. The second kappa shape index (κ2) is 5.21. The Balaban J connectivity index is 2.01. The van der Waals surface area contributed by atoms with Crippen molar-refractivity contribution in [2.75, 3.05) is 0 Å². The maximum atomic E-state index is 10.9. The summed E-state index contributed by atoms with van der Waals surface area (Å²) in [5, 5.41) is 17.7. The summed E-state index contributed by atoms with van der Waals surface area (Å²) in [6.07, 6.45) is 3.15. The predicted molar refractivity (Wildman–Crippen MR) is 65.7 cm³/mol. The van der Waals surface area contributed by atoms with Gasteiger partial charge in [-0.3, -0.25) is 4.79 Å². The van der Waals surface area contributed by atoms with Crippen molar-refractivity contribution in [1.29, 1.82) is 0 Å². The molecule has 2 rings (SSSR count). The number of hydrogen-bond acceptors (Lipinski definition) is 2. The van der Waals surface area contributed by atoms with Gasteiger partial charge in [-0.1, -0.05) is 12.1 Å². The van der Waals surface area contributed by atoms with Crippen LogP contribution in [0.2, 0.25) is 0 Å². The van der Waals surface area contributed by atoms with Gasteiger partial charge in [0, 0.05) is 0 Å². The third-order valence-electron chi connectivity index (χ3n) is 3.71.